The molecule has 0 spiro atoms. The van der Waals surface area contributed by atoms with Gasteiger partial charge in [-0.05, 0) is 31.0 Å². The molecule has 0 radical (unpaired) electrons. The van der Waals surface area contributed by atoms with Crippen LogP contribution in [0.2, 0.25) is 0 Å². The van der Waals surface area contributed by atoms with E-state index < -0.39 is 5.82 Å². The van der Waals surface area contributed by atoms with Gasteiger partial charge in [0, 0.05) is 19.5 Å². The highest BCUT2D eigenvalue weighted by atomic mass is 19.1. The van der Waals surface area contributed by atoms with Gasteiger partial charge in [-0.25, -0.2) is 4.39 Å². The minimum absolute atomic E-state index is 0.0808. The number of halogens is 1. The summed E-state index contributed by atoms with van der Waals surface area (Å²) in [4.78, 5) is 14.4. The van der Waals surface area contributed by atoms with E-state index in [2.05, 4.69) is 11.8 Å². The van der Waals surface area contributed by atoms with Crippen molar-refractivity contribution in [3.63, 3.8) is 0 Å². The van der Waals surface area contributed by atoms with E-state index in [-0.39, 0.29) is 11.3 Å². The predicted octanol–water partition coefficient (Wildman–Crippen LogP) is 2.75. The summed E-state index contributed by atoms with van der Waals surface area (Å²) in [5, 5.41) is 0. The molecule has 3 nitrogen and oxygen atoms in total. The molecule has 0 bridgehead atoms. The number of ketones is 1. The molecule has 4 heteroatoms. The molecule has 1 aliphatic heterocycles. The molecule has 1 aromatic carbocycles. The van der Waals surface area contributed by atoms with Crippen LogP contribution in [0.15, 0.2) is 18.2 Å². The molecule has 2 rings (SSSR count). The largest absolute Gasteiger partial charge is 0.496 e. The summed E-state index contributed by atoms with van der Waals surface area (Å²) >= 11 is 0. The normalized spacial score (nSPS) is 19.6. The number of likely N-dealkylation sites (tertiary alicyclic amines) is 1. The van der Waals surface area contributed by atoms with Gasteiger partial charge in [-0.15, -0.1) is 0 Å². The van der Waals surface area contributed by atoms with Gasteiger partial charge in [0.25, 0.3) is 0 Å². The van der Waals surface area contributed by atoms with E-state index in [1.165, 1.54) is 19.6 Å². The topological polar surface area (TPSA) is 29.5 Å². The monoisotopic (exact) mass is 265 g/mol. The van der Waals surface area contributed by atoms with Gasteiger partial charge in [0.15, 0.2) is 5.78 Å². The lowest BCUT2D eigenvalue weighted by Crippen LogP contribution is -2.24. The third-order valence-electron chi connectivity index (χ3n) is 3.64. The van der Waals surface area contributed by atoms with Crippen molar-refractivity contribution in [3.05, 3.63) is 29.6 Å². The van der Waals surface area contributed by atoms with Crippen molar-refractivity contribution in [2.24, 2.45) is 5.92 Å². The molecule has 104 valence electrons. The van der Waals surface area contributed by atoms with Gasteiger partial charge in [-0.3, -0.25) is 4.79 Å². The second-order valence-corrected chi connectivity index (χ2v) is 5.18. The van der Waals surface area contributed by atoms with E-state index in [9.17, 15) is 9.18 Å². The Morgan fingerprint density at radius 2 is 2.32 bits per heavy atom. The van der Waals surface area contributed by atoms with E-state index in [4.69, 9.17) is 4.74 Å². The number of Topliss-reactive ketones (excluding diaryl/α,β-unsaturated/α-hetero) is 1. The molecule has 1 saturated heterocycles. The van der Waals surface area contributed by atoms with Gasteiger partial charge in [-0.1, -0.05) is 13.0 Å². The van der Waals surface area contributed by atoms with E-state index >= 15 is 0 Å². The molecule has 1 aromatic rings. The average molecular weight is 265 g/mol. The maximum atomic E-state index is 13.7. The minimum Gasteiger partial charge on any atom is -0.496 e. The number of ether oxygens (including phenoxy) is 1. The summed E-state index contributed by atoms with van der Waals surface area (Å²) in [5.41, 5.74) is 0.0808. The SMILES string of the molecule is COc1cccc(F)c1C(=O)CCN1CCC(C)C1. The molecule has 0 aliphatic carbocycles. The summed E-state index contributed by atoms with van der Waals surface area (Å²) in [5.74, 6) is 0.325. The zero-order valence-corrected chi connectivity index (χ0v) is 11.5. The Kier molecular flexibility index (Phi) is 4.53. The lowest BCUT2D eigenvalue weighted by Gasteiger charge is -2.15. The first-order chi connectivity index (χ1) is 9.11. The Bertz CT molecular complexity index is 461. The maximum Gasteiger partial charge on any atom is 0.170 e. The van der Waals surface area contributed by atoms with Crippen LogP contribution in [-0.4, -0.2) is 37.4 Å². The van der Waals surface area contributed by atoms with Gasteiger partial charge < -0.3 is 9.64 Å². The highest BCUT2D eigenvalue weighted by Crippen LogP contribution is 2.23. The quantitative estimate of drug-likeness (QED) is 0.767. The number of hydrogen-bond donors (Lipinski definition) is 0. The van der Waals surface area contributed by atoms with Crippen LogP contribution in [0, 0.1) is 11.7 Å². The van der Waals surface area contributed by atoms with Crippen molar-refractivity contribution >= 4 is 5.78 Å². The standard InChI is InChI=1S/C15H20FNO2/c1-11-6-8-17(10-11)9-7-13(18)15-12(16)4-3-5-14(15)19-2/h3-5,11H,6-10H2,1-2H3. The lowest BCUT2D eigenvalue weighted by atomic mass is 10.1. The van der Waals surface area contributed by atoms with Crippen molar-refractivity contribution in [2.45, 2.75) is 19.8 Å². The second-order valence-electron chi connectivity index (χ2n) is 5.18. The van der Waals surface area contributed by atoms with Gasteiger partial charge in [0.1, 0.15) is 11.6 Å². The van der Waals surface area contributed by atoms with Gasteiger partial charge in [0.05, 0.1) is 12.7 Å². The number of nitrogens with zero attached hydrogens (tertiary/aromatic N) is 1. The van der Waals surface area contributed by atoms with E-state index in [1.54, 1.807) is 12.1 Å². The highest BCUT2D eigenvalue weighted by molar-refractivity contribution is 5.99. The second kappa shape index (κ2) is 6.15. The number of hydrogen-bond acceptors (Lipinski definition) is 3. The van der Waals surface area contributed by atoms with Crippen molar-refractivity contribution in [1.29, 1.82) is 0 Å². The van der Waals surface area contributed by atoms with Crippen LogP contribution in [0.5, 0.6) is 5.75 Å². The number of rotatable bonds is 5. The molecule has 0 saturated carbocycles. The molecular weight excluding hydrogens is 245 g/mol. The zero-order valence-electron chi connectivity index (χ0n) is 11.5. The van der Waals surface area contributed by atoms with Gasteiger partial charge in [-0.2, -0.15) is 0 Å². The molecule has 0 N–H and O–H groups in total. The third-order valence-corrected chi connectivity index (χ3v) is 3.64. The summed E-state index contributed by atoms with van der Waals surface area (Å²) in [6, 6.07) is 4.47. The Balaban J connectivity index is 2.00. The van der Waals surface area contributed by atoms with Crippen molar-refractivity contribution in [2.75, 3.05) is 26.7 Å². The number of methoxy groups -OCH3 is 1. The lowest BCUT2D eigenvalue weighted by molar-refractivity contribution is 0.0961. The molecule has 0 amide bonds. The third kappa shape index (κ3) is 3.32. The van der Waals surface area contributed by atoms with E-state index in [1.807, 2.05) is 0 Å². The van der Waals surface area contributed by atoms with Crippen LogP contribution in [0.3, 0.4) is 0 Å². The Hall–Kier alpha value is -1.42. The highest BCUT2D eigenvalue weighted by Gasteiger charge is 2.21. The van der Waals surface area contributed by atoms with Gasteiger partial charge in [0.2, 0.25) is 0 Å². The molecule has 1 heterocycles. The van der Waals surface area contributed by atoms with Gasteiger partial charge >= 0.3 is 0 Å². The van der Waals surface area contributed by atoms with Crippen LogP contribution in [0.1, 0.15) is 30.1 Å². The summed E-state index contributed by atoms with van der Waals surface area (Å²) in [6.45, 7) is 4.97. The fourth-order valence-electron chi connectivity index (χ4n) is 2.56. The number of benzene rings is 1. The predicted molar refractivity (Wildman–Crippen MR) is 72.1 cm³/mol. The van der Waals surface area contributed by atoms with E-state index in [0.717, 1.165) is 13.1 Å². The molecule has 1 unspecified atom stereocenters. The molecule has 1 fully saturated rings. The first kappa shape index (κ1) is 14.0. The van der Waals surface area contributed by atoms with Crippen LogP contribution >= 0.6 is 0 Å². The zero-order chi connectivity index (χ0) is 13.8. The van der Waals surface area contributed by atoms with Crippen LogP contribution in [-0.2, 0) is 0 Å². The smallest absolute Gasteiger partial charge is 0.170 e. The summed E-state index contributed by atoms with van der Waals surface area (Å²) < 4.78 is 18.8. The molecule has 1 atom stereocenters. The first-order valence-electron chi connectivity index (χ1n) is 6.70. The van der Waals surface area contributed by atoms with E-state index in [0.29, 0.717) is 24.6 Å². The minimum atomic E-state index is -0.501. The molecule has 19 heavy (non-hydrogen) atoms. The Morgan fingerprint density at radius 3 is 2.95 bits per heavy atom. The van der Waals surface area contributed by atoms with Crippen molar-refractivity contribution in [3.8, 4) is 5.75 Å². The maximum absolute atomic E-state index is 13.7. The van der Waals surface area contributed by atoms with Crippen molar-refractivity contribution in [1.82, 2.24) is 4.90 Å². The van der Waals surface area contributed by atoms with Crippen LogP contribution < -0.4 is 4.74 Å². The Morgan fingerprint density at radius 1 is 1.53 bits per heavy atom. The number of carbonyl (C=O) groups is 1. The van der Waals surface area contributed by atoms with Crippen LogP contribution in [0.4, 0.5) is 4.39 Å². The first-order valence-corrected chi connectivity index (χ1v) is 6.70. The van der Waals surface area contributed by atoms with Crippen molar-refractivity contribution < 1.29 is 13.9 Å². The fraction of sp³-hybridized carbons (Fsp3) is 0.533. The molecule has 1 aliphatic rings. The molecular formula is C15H20FNO2. The Labute approximate surface area is 113 Å². The summed E-state index contributed by atoms with van der Waals surface area (Å²) in [7, 11) is 1.45. The molecule has 0 aromatic heterocycles. The average Bonchev–Trinajstić information content (AvgIpc) is 2.81. The number of carbonyl (C=O) groups excluding carboxylic acids is 1. The summed E-state index contributed by atoms with van der Waals surface area (Å²) in [6.07, 6.45) is 1.52. The fourth-order valence-corrected chi connectivity index (χ4v) is 2.56. The van der Waals surface area contributed by atoms with Crippen LogP contribution in [0.25, 0.3) is 0 Å².